The van der Waals surface area contributed by atoms with Gasteiger partial charge in [0.25, 0.3) is 0 Å². The van der Waals surface area contributed by atoms with E-state index in [0.717, 1.165) is 5.56 Å². The van der Waals surface area contributed by atoms with Crippen molar-refractivity contribution in [2.24, 2.45) is 29.1 Å². The zero-order chi connectivity index (χ0) is 27.1. The molecule has 1 saturated carbocycles. The van der Waals surface area contributed by atoms with Crippen LogP contribution in [0, 0.1) is 29.1 Å². The number of carbonyl (C=O) groups is 3. The molecule has 0 bridgehead atoms. The number of nitrogens with one attached hydrogen (secondary N) is 1. The molecule has 37 heavy (non-hydrogen) atoms. The summed E-state index contributed by atoms with van der Waals surface area (Å²) in [7, 11) is 0. The molecule has 0 aromatic heterocycles. The highest BCUT2D eigenvalue weighted by Gasteiger charge is 2.68. The summed E-state index contributed by atoms with van der Waals surface area (Å²) in [6, 6.07) is 9.42. The van der Waals surface area contributed by atoms with Crippen molar-refractivity contribution in [3.8, 4) is 0 Å². The van der Waals surface area contributed by atoms with Gasteiger partial charge in [0, 0.05) is 31.2 Å². The predicted molar refractivity (Wildman–Crippen MR) is 139 cm³/mol. The highest BCUT2D eigenvalue weighted by Crippen LogP contribution is 2.57. The number of hydrogen-bond donors (Lipinski definition) is 3. The van der Waals surface area contributed by atoms with Crippen molar-refractivity contribution in [1.29, 1.82) is 0 Å². The largest absolute Gasteiger partial charge is 0.459 e. The third kappa shape index (κ3) is 4.79. The number of carbonyl (C=O) groups excluding carboxylic acids is 3. The fourth-order valence-corrected chi connectivity index (χ4v) is 7.05. The van der Waals surface area contributed by atoms with Gasteiger partial charge in [-0.3, -0.25) is 14.4 Å². The second-order valence-electron chi connectivity index (χ2n) is 11.6. The minimum Gasteiger partial charge on any atom is -0.459 e. The standard InChI is InChI=1S/C30H39NO6/c1-17-10-9-13-22-27(34)19(3)18(2)26-23(14-21-11-7-6-8-12-21)31-28(35)30(22,26)24(33)15-25(37-20(4)32)29(5,36)16-17/h6-9,11-13,17-18,22-23,25-27,34,36H,3,10,14-16H2,1-2,4-5H3,(H,31,35)/t17-,18+,22-,23-,25+,26-,27+,29-,30+/m0/s1. The first-order valence-corrected chi connectivity index (χ1v) is 13.2. The first-order valence-electron chi connectivity index (χ1n) is 13.2. The number of ether oxygens (including phenoxy) is 1. The first kappa shape index (κ1) is 27.3. The van der Waals surface area contributed by atoms with E-state index < -0.39 is 52.7 Å². The van der Waals surface area contributed by atoms with Gasteiger partial charge in [0.15, 0.2) is 5.78 Å². The van der Waals surface area contributed by atoms with Crippen molar-refractivity contribution in [3.63, 3.8) is 0 Å². The van der Waals surface area contributed by atoms with Gasteiger partial charge in [0.2, 0.25) is 5.91 Å². The number of esters is 1. The highest BCUT2D eigenvalue weighted by molar-refractivity contribution is 6.09. The van der Waals surface area contributed by atoms with E-state index in [4.69, 9.17) is 4.74 Å². The highest BCUT2D eigenvalue weighted by atomic mass is 16.6. The predicted octanol–water partition coefficient (Wildman–Crippen LogP) is 3.14. The van der Waals surface area contributed by atoms with Gasteiger partial charge < -0.3 is 20.3 Å². The number of Topliss-reactive ketones (excluding diaryl/α,β-unsaturated/α-hetero) is 1. The van der Waals surface area contributed by atoms with Gasteiger partial charge in [0.1, 0.15) is 11.5 Å². The molecule has 1 aliphatic heterocycles. The van der Waals surface area contributed by atoms with Gasteiger partial charge in [-0.1, -0.05) is 62.9 Å². The molecule has 3 N–H and O–H groups in total. The zero-order valence-corrected chi connectivity index (χ0v) is 22.1. The lowest BCUT2D eigenvalue weighted by Gasteiger charge is -2.49. The molecule has 1 saturated heterocycles. The molecular weight excluding hydrogens is 470 g/mol. The average molecular weight is 510 g/mol. The third-order valence-corrected chi connectivity index (χ3v) is 8.80. The normalized spacial score (nSPS) is 40.3. The third-order valence-electron chi connectivity index (χ3n) is 8.80. The van der Waals surface area contributed by atoms with Crippen molar-refractivity contribution < 1.29 is 29.3 Å². The van der Waals surface area contributed by atoms with Crippen LogP contribution in [0.4, 0.5) is 0 Å². The quantitative estimate of drug-likeness (QED) is 0.328. The summed E-state index contributed by atoms with van der Waals surface area (Å²) in [5.41, 5.74) is -1.43. The molecule has 1 spiro atoms. The van der Waals surface area contributed by atoms with E-state index in [9.17, 15) is 24.6 Å². The summed E-state index contributed by atoms with van der Waals surface area (Å²) in [6.45, 7) is 10.9. The lowest BCUT2D eigenvalue weighted by Crippen LogP contribution is -2.59. The second kappa shape index (κ2) is 10.2. The molecule has 0 unspecified atom stereocenters. The Morgan fingerprint density at radius 1 is 1.22 bits per heavy atom. The molecule has 1 aromatic carbocycles. The number of amides is 1. The van der Waals surface area contributed by atoms with Crippen molar-refractivity contribution in [1.82, 2.24) is 5.32 Å². The van der Waals surface area contributed by atoms with Crippen LogP contribution >= 0.6 is 0 Å². The Morgan fingerprint density at radius 2 is 1.89 bits per heavy atom. The smallest absolute Gasteiger partial charge is 0.303 e. The minimum atomic E-state index is -1.59. The molecule has 200 valence electrons. The maximum Gasteiger partial charge on any atom is 0.303 e. The molecule has 4 rings (SSSR count). The van der Waals surface area contributed by atoms with E-state index in [1.54, 1.807) is 13.0 Å². The zero-order valence-electron chi connectivity index (χ0n) is 22.1. The fraction of sp³-hybridized carbons (Fsp3) is 0.567. The Kier molecular flexibility index (Phi) is 7.50. The van der Waals surface area contributed by atoms with E-state index in [2.05, 4.69) is 11.9 Å². The fourth-order valence-electron chi connectivity index (χ4n) is 7.05. The first-order chi connectivity index (χ1) is 17.4. The Balaban J connectivity index is 1.86. The summed E-state index contributed by atoms with van der Waals surface area (Å²) >= 11 is 0. The summed E-state index contributed by atoms with van der Waals surface area (Å²) in [5.74, 6) is -3.07. The number of allylic oxidation sites excluding steroid dienone is 1. The molecule has 1 amide bonds. The lowest BCUT2D eigenvalue weighted by atomic mass is 9.51. The molecule has 7 nitrogen and oxygen atoms in total. The lowest BCUT2D eigenvalue weighted by molar-refractivity contribution is -0.169. The van der Waals surface area contributed by atoms with Gasteiger partial charge in [0.05, 0.1) is 11.7 Å². The topological polar surface area (TPSA) is 113 Å². The monoisotopic (exact) mass is 509 g/mol. The van der Waals surface area contributed by atoms with Crippen molar-refractivity contribution in [2.75, 3.05) is 0 Å². The van der Waals surface area contributed by atoms with Gasteiger partial charge in [-0.25, -0.2) is 0 Å². The average Bonchev–Trinajstić information content (AvgIpc) is 3.10. The van der Waals surface area contributed by atoms with Crippen LogP contribution in [0.2, 0.25) is 0 Å². The molecule has 9 atom stereocenters. The van der Waals surface area contributed by atoms with Crippen LogP contribution in [0.15, 0.2) is 54.6 Å². The van der Waals surface area contributed by atoms with Crippen molar-refractivity contribution in [3.05, 3.63) is 60.2 Å². The van der Waals surface area contributed by atoms with Crippen LogP contribution < -0.4 is 5.32 Å². The van der Waals surface area contributed by atoms with Crippen LogP contribution in [0.1, 0.15) is 52.5 Å². The van der Waals surface area contributed by atoms with Crippen molar-refractivity contribution >= 4 is 17.7 Å². The Hall–Kier alpha value is -2.77. The number of ketones is 1. The van der Waals surface area contributed by atoms with E-state index in [1.165, 1.54) is 6.92 Å². The number of hydrogen-bond acceptors (Lipinski definition) is 6. The summed E-state index contributed by atoms with van der Waals surface area (Å²) < 4.78 is 5.51. The molecule has 2 fully saturated rings. The maximum absolute atomic E-state index is 14.4. The number of rotatable bonds is 3. The van der Waals surface area contributed by atoms with Crippen LogP contribution in [-0.4, -0.2) is 51.7 Å². The number of aliphatic hydroxyl groups excluding tert-OH is 1. The minimum absolute atomic E-state index is 0.00958. The Labute approximate surface area is 219 Å². The summed E-state index contributed by atoms with van der Waals surface area (Å²) in [6.07, 6.45) is 2.57. The van der Waals surface area contributed by atoms with Crippen LogP contribution in [0.5, 0.6) is 0 Å². The number of aliphatic hydroxyl groups is 2. The molecular formula is C30H39NO6. The van der Waals surface area contributed by atoms with E-state index >= 15 is 0 Å². The SMILES string of the molecule is C=C1[C@@H](C)[C@H]2[C@H](Cc3ccccc3)NC(=O)[C@]23C(=O)C[C@@H](OC(C)=O)[C@@](C)(O)C[C@@H](C)CC=C[C@H]3[C@@H]1O. The molecule has 0 radical (unpaired) electrons. The Bertz CT molecular complexity index is 1090. The molecule has 7 heteroatoms. The molecule has 3 aliphatic rings. The molecule has 2 aliphatic carbocycles. The van der Waals surface area contributed by atoms with Crippen LogP contribution in [0.3, 0.4) is 0 Å². The second-order valence-corrected chi connectivity index (χ2v) is 11.6. The van der Waals surface area contributed by atoms with Gasteiger partial charge in [-0.2, -0.15) is 0 Å². The van der Waals surface area contributed by atoms with E-state index in [1.807, 2.05) is 50.3 Å². The van der Waals surface area contributed by atoms with Gasteiger partial charge in [-0.15, -0.1) is 0 Å². The maximum atomic E-state index is 14.4. The van der Waals surface area contributed by atoms with Crippen LogP contribution in [0.25, 0.3) is 0 Å². The van der Waals surface area contributed by atoms with Crippen LogP contribution in [-0.2, 0) is 25.5 Å². The summed E-state index contributed by atoms with van der Waals surface area (Å²) in [4.78, 5) is 40.4. The van der Waals surface area contributed by atoms with Gasteiger partial charge >= 0.3 is 5.97 Å². The Morgan fingerprint density at radius 3 is 2.54 bits per heavy atom. The van der Waals surface area contributed by atoms with Gasteiger partial charge in [-0.05, 0) is 49.2 Å². The van der Waals surface area contributed by atoms with E-state index in [0.29, 0.717) is 24.8 Å². The van der Waals surface area contributed by atoms with E-state index in [-0.39, 0.29) is 24.3 Å². The number of benzene rings is 1. The summed E-state index contributed by atoms with van der Waals surface area (Å²) in [5, 5.41) is 25.9. The molecule has 1 heterocycles. The van der Waals surface area contributed by atoms with Crippen molar-refractivity contribution in [2.45, 2.75) is 77.2 Å². The molecule has 1 aromatic rings.